The quantitative estimate of drug-likeness (QED) is 0.889. The molecule has 106 valence electrons. The van der Waals surface area contributed by atoms with Crippen molar-refractivity contribution in [3.05, 3.63) is 45.3 Å². The number of anilines is 1. The van der Waals surface area contributed by atoms with Crippen LogP contribution in [-0.4, -0.2) is 17.9 Å². The van der Waals surface area contributed by atoms with E-state index in [1.807, 2.05) is 6.92 Å². The lowest BCUT2D eigenvalue weighted by molar-refractivity contribution is 0.0951. The van der Waals surface area contributed by atoms with E-state index in [4.69, 9.17) is 0 Å². The van der Waals surface area contributed by atoms with Crippen LogP contribution in [0.15, 0.2) is 23.6 Å². The van der Waals surface area contributed by atoms with Crippen LogP contribution >= 0.6 is 11.3 Å². The van der Waals surface area contributed by atoms with Crippen LogP contribution in [0.1, 0.15) is 33.4 Å². The van der Waals surface area contributed by atoms with Gasteiger partial charge in [0.15, 0.2) is 0 Å². The first-order chi connectivity index (χ1) is 9.63. The van der Waals surface area contributed by atoms with E-state index in [1.165, 1.54) is 10.4 Å². The predicted molar refractivity (Wildman–Crippen MR) is 83.4 cm³/mol. The fourth-order valence-corrected chi connectivity index (χ4v) is 2.94. The Morgan fingerprint density at radius 3 is 2.90 bits per heavy atom. The molecule has 0 aliphatic carbocycles. The van der Waals surface area contributed by atoms with Gasteiger partial charge in [-0.2, -0.15) is 0 Å². The number of pyridine rings is 1. The standard InChI is InChI=1S/C15H19N3OS/c1-4-11-5-6-20-13(11)9-17-15(19)12-7-10(2)18-14(8-12)16-3/h5-8H,4,9H2,1-3H3,(H,16,18)(H,17,19). The zero-order valence-electron chi connectivity index (χ0n) is 12.0. The zero-order chi connectivity index (χ0) is 14.5. The molecule has 20 heavy (non-hydrogen) atoms. The van der Waals surface area contributed by atoms with Gasteiger partial charge in [-0.25, -0.2) is 4.98 Å². The molecule has 0 saturated heterocycles. The molecular formula is C15H19N3OS. The molecule has 1 amide bonds. The molecule has 2 heterocycles. The highest BCUT2D eigenvalue weighted by Gasteiger charge is 2.09. The Morgan fingerprint density at radius 2 is 2.20 bits per heavy atom. The minimum absolute atomic E-state index is 0.0672. The van der Waals surface area contributed by atoms with Crippen molar-refractivity contribution in [2.45, 2.75) is 26.8 Å². The van der Waals surface area contributed by atoms with E-state index in [2.05, 4.69) is 34.0 Å². The highest BCUT2D eigenvalue weighted by Crippen LogP contribution is 2.17. The van der Waals surface area contributed by atoms with Gasteiger partial charge in [0, 0.05) is 23.2 Å². The summed E-state index contributed by atoms with van der Waals surface area (Å²) in [6.07, 6.45) is 0.993. The fraction of sp³-hybridized carbons (Fsp3) is 0.333. The first kappa shape index (κ1) is 14.5. The van der Waals surface area contributed by atoms with E-state index >= 15 is 0 Å². The second kappa shape index (κ2) is 6.52. The van der Waals surface area contributed by atoms with Crippen LogP contribution in [-0.2, 0) is 13.0 Å². The Bertz CT molecular complexity index is 607. The number of nitrogens with zero attached hydrogens (tertiary/aromatic N) is 1. The lowest BCUT2D eigenvalue weighted by atomic mass is 10.2. The van der Waals surface area contributed by atoms with Crippen molar-refractivity contribution in [2.75, 3.05) is 12.4 Å². The molecule has 4 nitrogen and oxygen atoms in total. The molecule has 2 aromatic heterocycles. The van der Waals surface area contributed by atoms with Crippen molar-refractivity contribution in [1.82, 2.24) is 10.3 Å². The Morgan fingerprint density at radius 1 is 1.40 bits per heavy atom. The number of hydrogen-bond donors (Lipinski definition) is 2. The van der Waals surface area contributed by atoms with Gasteiger partial charge in [-0.1, -0.05) is 6.92 Å². The summed E-state index contributed by atoms with van der Waals surface area (Å²) in [4.78, 5) is 17.7. The number of carbonyl (C=O) groups is 1. The summed E-state index contributed by atoms with van der Waals surface area (Å²) in [6.45, 7) is 4.58. The minimum atomic E-state index is -0.0672. The van der Waals surface area contributed by atoms with E-state index in [0.29, 0.717) is 17.9 Å². The highest BCUT2D eigenvalue weighted by molar-refractivity contribution is 7.10. The van der Waals surface area contributed by atoms with Crippen LogP contribution in [0.25, 0.3) is 0 Å². The minimum Gasteiger partial charge on any atom is -0.373 e. The maximum absolute atomic E-state index is 12.2. The molecule has 2 aromatic rings. The van der Waals surface area contributed by atoms with Gasteiger partial charge in [0.2, 0.25) is 0 Å². The fourth-order valence-electron chi connectivity index (χ4n) is 2.03. The average molecular weight is 289 g/mol. The Hall–Kier alpha value is -1.88. The first-order valence-electron chi connectivity index (χ1n) is 6.64. The van der Waals surface area contributed by atoms with Crippen molar-refractivity contribution in [3.63, 3.8) is 0 Å². The molecule has 0 spiro atoms. The second-order valence-electron chi connectivity index (χ2n) is 4.54. The van der Waals surface area contributed by atoms with E-state index in [9.17, 15) is 4.79 Å². The lowest BCUT2D eigenvalue weighted by Gasteiger charge is -2.08. The summed E-state index contributed by atoms with van der Waals surface area (Å²) in [6, 6.07) is 5.67. The molecule has 0 unspecified atom stereocenters. The van der Waals surface area contributed by atoms with Crippen LogP contribution < -0.4 is 10.6 Å². The largest absolute Gasteiger partial charge is 0.373 e. The molecule has 0 saturated carbocycles. The molecule has 2 N–H and O–H groups in total. The van der Waals surface area contributed by atoms with Gasteiger partial charge in [-0.05, 0) is 42.5 Å². The molecule has 5 heteroatoms. The summed E-state index contributed by atoms with van der Waals surface area (Å²) in [7, 11) is 1.79. The number of aromatic nitrogens is 1. The van der Waals surface area contributed by atoms with Crippen LogP contribution in [0.4, 0.5) is 5.82 Å². The zero-order valence-corrected chi connectivity index (χ0v) is 12.8. The van der Waals surface area contributed by atoms with Crippen LogP contribution in [0.5, 0.6) is 0 Å². The van der Waals surface area contributed by atoms with Crippen molar-refractivity contribution >= 4 is 23.1 Å². The van der Waals surface area contributed by atoms with E-state index < -0.39 is 0 Å². The summed E-state index contributed by atoms with van der Waals surface area (Å²) in [5, 5.41) is 8.00. The molecule has 0 fully saturated rings. The molecule has 0 aliphatic rings. The number of thiophene rings is 1. The maximum Gasteiger partial charge on any atom is 0.251 e. The van der Waals surface area contributed by atoms with Crippen LogP contribution in [0.3, 0.4) is 0 Å². The van der Waals surface area contributed by atoms with Gasteiger partial charge in [0.25, 0.3) is 5.91 Å². The van der Waals surface area contributed by atoms with Crippen molar-refractivity contribution in [2.24, 2.45) is 0 Å². The van der Waals surface area contributed by atoms with E-state index in [1.54, 1.807) is 30.5 Å². The normalized spacial score (nSPS) is 10.3. The monoisotopic (exact) mass is 289 g/mol. The Kier molecular flexibility index (Phi) is 4.74. The van der Waals surface area contributed by atoms with Gasteiger partial charge in [-0.15, -0.1) is 11.3 Å². The summed E-state index contributed by atoms with van der Waals surface area (Å²) < 4.78 is 0. The molecular weight excluding hydrogens is 270 g/mol. The summed E-state index contributed by atoms with van der Waals surface area (Å²) in [5.41, 5.74) is 2.76. The van der Waals surface area contributed by atoms with E-state index in [0.717, 1.165) is 12.1 Å². The molecule has 0 atom stereocenters. The number of aryl methyl sites for hydroxylation is 2. The van der Waals surface area contributed by atoms with Gasteiger partial charge in [0.05, 0.1) is 6.54 Å². The number of amides is 1. The van der Waals surface area contributed by atoms with Crippen LogP contribution in [0, 0.1) is 6.92 Å². The Labute approximate surface area is 123 Å². The smallest absolute Gasteiger partial charge is 0.251 e. The number of rotatable bonds is 5. The maximum atomic E-state index is 12.2. The molecule has 0 aromatic carbocycles. The van der Waals surface area contributed by atoms with Gasteiger partial charge < -0.3 is 10.6 Å². The lowest BCUT2D eigenvalue weighted by Crippen LogP contribution is -2.23. The topological polar surface area (TPSA) is 54.0 Å². The second-order valence-corrected chi connectivity index (χ2v) is 5.54. The summed E-state index contributed by atoms with van der Waals surface area (Å²) >= 11 is 1.68. The Balaban J connectivity index is 2.07. The predicted octanol–water partition coefficient (Wildman–Crippen LogP) is 2.99. The average Bonchev–Trinajstić information content (AvgIpc) is 2.91. The SMILES string of the molecule is CCc1ccsc1CNC(=O)c1cc(C)nc(NC)c1. The number of nitrogens with one attached hydrogen (secondary N) is 2. The third-order valence-electron chi connectivity index (χ3n) is 3.10. The van der Waals surface area contributed by atoms with E-state index in [-0.39, 0.29) is 5.91 Å². The third kappa shape index (κ3) is 3.36. The van der Waals surface area contributed by atoms with Crippen molar-refractivity contribution in [1.29, 1.82) is 0 Å². The van der Waals surface area contributed by atoms with Crippen molar-refractivity contribution in [3.8, 4) is 0 Å². The molecule has 2 rings (SSSR count). The molecule has 0 bridgehead atoms. The molecule has 0 radical (unpaired) electrons. The number of carbonyl (C=O) groups excluding carboxylic acids is 1. The summed E-state index contributed by atoms with van der Waals surface area (Å²) in [5.74, 6) is 0.642. The van der Waals surface area contributed by atoms with Gasteiger partial charge in [0.1, 0.15) is 5.82 Å². The van der Waals surface area contributed by atoms with Gasteiger partial charge >= 0.3 is 0 Å². The van der Waals surface area contributed by atoms with Crippen molar-refractivity contribution < 1.29 is 4.79 Å². The van der Waals surface area contributed by atoms with Crippen LogP contribution in [0.2, 0.25) is 0 Å². The van der Waals surface area contributed by atoms with Gasteiger partial charge in [-0.3, -0.25) is 4.79 Å². The molecule has 0 aliphatic heterocycles. The first-order valence-corrected chi connectivity index (χ1v) is 7.52. The number of hydrogen-bond acceptors (Lipinski definition) is 4. The third-order valence-corrected chi connectivity index (χ3v) is 4.06. The highest BCUT2D eigenvalue weighted by atomic mass is 32.1.